The molecule has 0 aliphatic rings. The molecule has 30 heavy (non-hydrogen) atoms. The van der Waals surface area contributed by atoms with Crippen LogP contribution in [0.2, 0.25) is 0 Å². The lowest BCUT2D eigenvalue weighted by atomic mass is 10.1. The van der Waals surface area contributed by atoms with Gasteiger partial charge >= 0.3 is 5.69 Å². The van der Waals surface area contributed by atoms with Crippen molar-refractivity contribution in [2.45, 2.75) is 13.5 Å². The summed E-state index contributed by atoms with van der Waals surface area (Å²) in [5.41, 5.74) is 3.07. The van der Waals surface area contributed by atoms with Crippen molar-refractivity contribution in [2.24, 2.45) is 0 Å². The molecule has 0 saturated heterocycles. The number of nitro groups is 1. The lowest BCUT2D eigenvalue weighted by Crippen LogP contribution is -2.18. The van der Waals surface area contributed by atoms with Gasteiger partial charge in [0.25, 0.3) is 5.89 Å². The maximum Gasteiger partial charge on any atom is 0.307 e. The minimum atomic E-state index is -0.567. The predicted octanol–water partition coefficient (Wildman–Crippen LogP) is 3.46. The van der Waals surface area contributed by atoms with Gasteiger partial charge in [0.1, 0.15) is 18.9 Å². The number of carbonyl (C=O) groups excluding carboxylic acids is 1. The number of nitrogens with zero attached hydrogens (tertiary/aromatic N) is 5. The normalized spacial score (nSPS) is 10.7. The average Bonchev–Trinajstić information content (AvgIpc) is 3.38. The number of carbonyl (C=O) groups is 1. The van der Waals surface area contributed by atoms with Crippen LogP contribution in [0.4, 0.5) is 11.4 Å². The fourth-order valence-corrected chi connectivity index (χ4v) is 2.82. The minimum Gasteiger partial charge on any atom is -0.334 e. The fourth-order valence-electron chi connectivity index (χ4n) is 2.82. The van der Waals surface area contributed by atoms with Crippen molar-refractivity contribution in [2.75, 3.05) is 5.32 Å². The molecule has 0 aliphatic carbocycles. The molecule has 2 heterocycles. The Morgan fingerprint density at radius 3 is 2.70 bits per heavy atom. The molecule has 4 aromatic rings. The molecule has 0 aliphatic heterocycles. The van der Waals surface area contributed by atoms with Crippen LogP contribution in [-0.2, 0) is 11.3 Å². The van der Waals surface area contributed by atoms with E-state index in [9.17, 15) is 14.9 Å². The van der Waals surface area contributed by atoms with Crippen molar-refractivity contribution >= 4 is 17.3 Å². The van der Waals surface area contributed by atoms with Crippen LogP contribution in [0.25, 0.3) is 22.8 Å². The second kappa shape index (κ2) is 7.95. The molecular formula is C20H16N6O4. The van der Waals surface area contributed by atoms with Crippen LogP contribution in [0.3, 0.4) is 0 Å². The number of nitrogens with one attached hydrogen (secondary N) is 1. The summed E-state index contributed by atoms with van der Waals surface area (Å²) >= 11 is 0. The van der Waals surface area contributed by atoms with Gasteiger partial charge in [-0.1, -0.05) is 22.9 Å². The molecule has 150 valence electrons. The first-order valence-corrected chi connectivity index (χ1v) is 8.96. The van der Waals surface area contributed by atoms with E-state index in [1.165, 1.54) is 10.9 Å². The van der Waals surface area contributed by atoms with E-state index in [0.29, 0.717) is 17.4 Å². The number of hydrogen-bond donors (Lipinski definition) is 1. The van der Waals surface area contributed by atoms with Gasteiger partial charge in [-0.15, -0.1) is 0 Å². The van der Waals surface area contributed by atoms with Gasteiger partial charge in [0.2, 0.25) is 11.7 Å². The molecule has 0 bridgehead atoms. The van der Waals surface area contributed by atoms with E-state index in [2.05, 4.69) is 20.6 Å². The molecule has 0 spiro atoms. The van der Waals surface area contributed by atoms with Gasteiger partial charge < -0.3 is 9.84 Å². The Bertz CT molecular complexity index is 1210. The number of aryl methyl sites for hydroxylation is 1. The summed E-state index contributed by atoms with van der Waals surface area (Å²) in [6.07, 6.45) is 2.29. The quantitative estimate of drug-likeness (QED) is 0.385. The second-order valence-electron chi connectivity index (χ2n) is 6.57. The first-order valence-electron chi connectivity index (χ1n) is 8.96. The van der Waals surface area contributed by atoms with Gasteiger partial charge in [0, 0.05) is 16.8 Å². The molecule has 2 aromatic carbocycles. The molecule has 2 aromatic heterocycles. The molecule has 0 saturated carbocycles. The third-order valence-electron chi connectivity index (χ3n) is 4.25. The second-order valence-corrected chi connectivity index (χ2v) is 6.57. The highest BCUT2D eigenvalue weighted by molar-refractivity contribution is 5.90. The monoisotopic (exact) mass is 404 g/mol. The highest BCUT2D eigenvalue weighted by Gasteiger charge is 2.13. The van der Waals surface area contributed by atoms with E-state index in [-0.39, 0.29) is 18.1 Å². The highest BCUT2D eigenvalue weighted by Crippen LogP contribution is 2.24. The van der Waals surface area contributed by atoms with Crippen molar-refractivity contribution in [3.05, 3.63) is 76.6 Å². The summed E-state index contributed by atoms with van der Waals surface area (Å²) in [7, 11) is 0. The maximum absolute atomic E-state index is 12.1. The van der Waals surface area contributed by atoms with Gasteiger partial charge in [-0.3, -0.25) is 19.6 Å². The van der Waals surface area contributed by atoms with Crippen molar-refractivity contribution < 1.29 is 14.2 Å². The van der Waals surface area contributed by atoms with Crippen LogP contribution in [0.15, 0.2) is 65.4 Å². The average molecular weight is 404 g/mol. The van der Waals surface area contributed by atoms with E-state index >= 15 is 0 Å². The van der Waals surface area contributed by atoms with Crippen molar-refractivity contribution in [1.82, 2.24) is 19.9 Å². The van der Waals surface area contributed by atoms with Crippen molar-refractivity contribution in [3.63, 3.8) is 0 Å². The molecule has 10 heteroatoms. The van der Waals surface area contributed by atoms with E-state index in [0.717, 1.165) is 22.9 Å². The van der Waals surface area contributed by atoms with Crippen LogP contribution in [0.5, 0.6) is 0 Å². The molecule has 1 N–H and O–H groups in total. The maximum atomic E-state index is 12.1. The standard InChI is InChI=1S/C20H16N6O4/c1-13-3-2-4-15(9-13)20-23-19(24-30-20)14-5-7-16(8-6-14)22-18(27)12-25-11-17(10-21-25)26(28)29/h2-11H,12H2,1H3,(H,22,27). The van der Waals surface area contributed by atoms with Crippen LogP contribution >= 0.6 is 0 Å². The van der Waals surface area contributed by atoms with Crippen LogP contribution in [0.1, 0.15) is 5.56 Å². The Morgan fingerprint density at radius 2 is 2.00 bits per heavy atom. The summed E-state index contributed by atoms with van der Waals surface area (Å²) in [6.45, 7) is 1.85. The molecule has 0 unspecified atom stereocenters. The molecule has 10 nitrogen and oxygen atoms in total. The largest absolute Gasteiger partial charge is 0.334 e. The van der Waals surface area contributed by atoms with E-state index < -0.39 is 4.92 Å². The smallest absolute Gasteiger partial charge is 0.307 e. The number of amides is 1. The zero-order chi connectivity index (χ0) is 21.1. The van der Waals surface area contributed by atoms with Crippen molar-refractivity contribution in [3.8, 4) is 22.8 Å². The first kappa shape index (κ1) is 19.0. The summed E-state index contributed by atoms with van der Waals surface area (Å²) in [6, 6.07) is 14.7. The molecule has 4 rings (SSSR count). The fraction of sp³-hybridized carbons (Fsp3) is 0.100. The Labute approximate surface area is 170 Å². The zero-order valence-electron chi connectivity index (χ0n) is 15.8. The topological polar surface area (TPSA) is 129 Å². The van der Waals surface area contributed by atoms with Gasteiger partial charge in [-0.05, 0) is 43.3 Å². The van der Waals surface area contributed by atoms with E-state index in [1.807, 2.05) is 31.2 Å². The summed E-state index contributed by atoms with van der Waals surface area (Å²) in [4.78, 5) is 26.6. The van der Waals surface area contributed by atoms with Crippen molar-refractivity contribution in [1.29, 1.82) is 0 Å². The summed E-state index contributed by atoms with van der Waals surface area (Å²) < 4.78 is 6.55. The number of anilines is 1. The SMILES string of the molecule is Cc1cccc(-c2nc(-c3ccc(NC(=O)Cn4cc([N+](=O)[O-])cn4)cc3)no2)c1. The number of hydrogen-bond acceptors (Lipinski definition) is 7. The van der Waals surface area contributed by atoms with Gasteiger partial charge in [-0.25, -0.2) is 0 Å². The van der Waals surface area contributed by atoms with Gasteiger partial charge in [0.05, 0.1) is 4.92 Å². The Morgan fingerprint density at radius 1 is 1.20 bits per heavy atom. The number of aromatic nitrogens is 4. The first-order chi connectivity index (χ1) is 14.5. The molecule has 0 atom stereocenters. The van der Waals surface area contributed by atoms with Crippen LogP contribution in [0, 0.1) is 17.0 Å². The number of rotatable bonds is 6. The Hall–Kier alpha value is -4.34. The molecule has 0 fully saturated rings. The zero-order valence-corrected chi connectivity index (χ0v) is 15.8. The Balaban J connectivity index is 1.41. The summed E-state index contributed by atoms with van der Waals surface area (Å²) in [5, 5.41) is 21.2. The molecule has 0 radical (unpaired) electrons. The van der Waals surface area contributed by atoms with Crippen LogP contribution < -0.4 is 5.32 Å². The van der Waals surface area contributed by atoms with Gasteiger partial charge in [-0.2, -0.15) is 10.1 Å². The third kappa shape index (κ3) is 4.22. The summed E-state index contributed by atoms with van der Waals surface area (Å²) in [5.74, 6) is 0.509. The molecule has 1 amide bonds. The van der Waals surface area contributed by atoms with E-state index in [4.69, 9.17) is 4.52 Å². The number of benzene rings is 2. The lowest BCUT2D eigenvalue weighted by molar-refractivity contribution is -0.385. The lowest BCUT2D eigenvalue weighted by Gasteiger charge is -2.05. The van der Waals surface area contributed by atoms with Gasteiger partial charge in [0.15, 0.2) is 0 Å². The minimum absolute atomic E-state index is 0.139. The Kier molecular flexibility index (Phi) is 5.04. The molecular weight excluding hydrogens is 388 g/mol. The third-order valence-corrected chi connectivity index (χ3v) is 4.25. The van der Waals surface area contributed by atoms with Crippen LogP contribution in [-0.4, -0.2) is 30.8 Å². The van der Waals surface area contributed by atoms with E-state index in [1.54, 1.807) is 24.3 Å². The highest BCUT2D eigenvalue weighted by atomic mass is 16.6. The predicted molar refractivity (Wildman–Crippen MR) is 107 cm³/mol.